The summed E-state index contributed by atoms with van der Waals surface area (Å²) in [5.41, 5.74) is 2.17. The van der Waals surface area contributed by atoms with Crippen LogP contribution in [0.15, 0.2) is 17.5 Å². The molecule has 0 bridgehead atoms. The van der Waals surface area contributed by atoms with E-state index in [4.69, 9.17) is 16.3 Å². The number of thiazole rings is 1. The molecule has 7 heteroatoms. The number of carbonyl (C=O) groups is 2. The number of fused-ring (bicyclic) bond motifs is 1. The van der Waals surface area contributed by atoms with Gasteiger partial charge in [-0.15, -0.1) is 11.3 Å². The highest BCUT2D eigenvalue weighted by molar-refractivity contribution is 7.14. The average Bonchev–Trinajstić information content (AvgIpc) is 3.11. The predicted molar refractivity (Wildman–Crippen MR) is 94.3 cm³/mol. The van der Waals surface area contributed by atoms with E-state index in [0.29, 0.717) is 33.6 Å². The number of halogens is 1. The Kier molecular flexibility index (Phi) is 4.60. The van der Waals surface area contributed by atoms with Crippen LogP contribution >= 0.6 is 22.9 Å². The lowest BCUT2D eigenvalue weighted by molar-refractivity contribution is -0.116. The van der Waals surface area contributed by atoms with Crippen LogP contribution < -0.4 is 9.64 Å². The highest BCUT2D eigenvalue weighted by atomic mass is 35.5. The lowest BCUT2D eigenvalue weighted by Crippen LogP contribution is -2.22. The fraction of sp³-hybridized carbons (Fsp3) is 0.353. The van der Waals surface area contributed by atoms with Crippen molar-refractivity contribution in [1.82, 2.24) is 4.98 Å². The van der Waals surface area contributed by atoms with E-state index in [2.05, 4.69) is 4.98 Å². The molecule has 24 heavy (non-hydrogen) atoms. The van der Waals surface area contributed by atoms with Crippen LogP contribution in [0, 0.1) is 0 Å². The average molecular weight is 365 g/mol. The van der Waals surface area contributed by atoms with Crippen LogP contribution in [0.2, 0.25) is 5.02 Å². The summed E-state index contributed by atoms with van der Waals surface area (Å²) in [7, 11) is 1.68. The standard InChI is InChI=1S/C17H17ClN2O3S/c1-9-6-13(22)16-14(5-4-12(18)15(9)16)23-7-11-8-24-17(19-11)20(3)10(2)21/h4-5,8-9H,6-7H2,1-3H3. The van der Waals surface area contributed by atoms with E-state index in [9.17, 15) is 9.59 Å². The van der Waals surface area contributed by atoms with E-state index in [-0.39, 0.29) is 24.2 Å². The third-order valence-corrected chi connectivity index (χ3v) is 5.39. The van der Waals surface area contributed by atoms with Gasteiger partial charge in [0.25, 0.3) is 0 Å². The first-order valence-electron chi connectivity index (χ1n) is 7.55. The number of aromatic nitrogens is 1. The molecular weight excluding hydrogens is 348 g/mol. The normalized spacial score (nSPS) is 16.2. The van der Waals surface area contributed by atoms with Gasteiger partial charge in [-0.2, -0.15) is 0 Å². The first-order chi connectivity index (χ1) is 11.4. The summed E-state index contributed by atoms with van der Waals surface area (Å²) in [6, 6.07) is 3.49. The molecule has 1 amide bonds. The first-order valence-corrected chi connectivity index (χ1v) is 8.81. The minimum Gasteiger partial charge on any atom is -0.486 e. The zero-order valence-corrected chi connectivity index (χ0v) is 15.2. The molecular formula is C17H17ClN2O3S. The molecule has 1 unspecified atom stereocenters. The number of ether oxygens (including phenoxy) is 1. The highest BCUT2D eigenvalue weighted by Gasteiger charge is 2.31. The van der Waals surface area contributed by atoms with Gasteiger partial charge in [-0.1, -0.05) is 18.5 Å². The maximum Gasteiger partial charge on any atom is 0.225 e. The highest BCUT2D eigenvalue weighted by Crippen LogP contribution is 2.42. The van der Waals surface area contributed by atoms with Gasteiger partial charge in [-0.05, 0) is 23.6 Å². The van der Waals surface area contributed by atoms with Crippen molar-refractivity contribution in [2.45, 2.75) is 32.8 Å². The van der Waals surface area contributed by atoms with Crippen molar-refractivity contribution in [2.24, 2.45) is 0 Å². The van der Waals surface area contributed by atoms with Crippen LogP contribution in [0.4, 0.5) is 5.13 Å². The van der Waals surface area contributed by atoms with Crippen LogP contribution in [-0.2, 0) is 11.4 Å². The number of hydrogen-bond acceptors (Lipinski definition) is 5. The van der Waals surface area contributed by atoms with Crippen LogP contribution in [0.1, 0.15) is 47.8 Å². The maximum absolute atomic E-state index is 12.2. The Morgan fingerprint density at radius 1 is 1.50 bits per heavy atom. The molecule has 1 heterocycles. The summed E-state index contributed by atoms with van der Waals surface area (Å²) in [6.45, 7) is 3.71. The molecule has 0 aliphatic heterocycles. The second kappa shape index (κ2) is 6.53. The Bertz CT molecular complexity index is 818. The molecule has 126 valence electrons. The topological polar surface area (TPSA) is 59.5 Å². The fourth-order valence-electron chi connectivity index (χ4n) is 2.75. The number of rotatable bonds is 4. The summed E-state index contributed by atoms with van der Waals surface area (Å²) in [6.07, 6.45) is 0.458. The molecule has 0 N–H and O–H groups in total. The molecule has 0 spiro atoms. The third kappa shape index (κ3) is 3.03. The van der Waals surface area contributed by atoms with Crippen molar-refractivity contribution >= 4 is 39.8 Å². The Balaban J connectivity index is 1.79. The van der Waals surface area contributed by atoms with E-state index in [1.165, 1.54) is 23.2 Å². The quantitative estimate of drug-likeness (QED) is 0.821. The van der Waals surface area contributed by atoms with Crippen LogP contribution in [0.5, 0.6) is 5.75 Å². The molecule has 1 aliphatic carbocycles. The zero-order chi connectivity index (χ0) is 17.4. The second-order valence-corrected chi connectivity index (χ2v) is 7.09. The summed E-state index contributed by atoms with van der Waals surface area (Å²) >= 11 is 7.61. The first kappa shape index (κ1) is 16.9. The lowest BCUT2D eigenvalue weighted by atomic mass is 10.0. The Labute approximate surface area is 149 Å². The number of hydrogen-bond donors (Lipinski definition) is 0. The second-order valence-electron chi connectivity index (χ2n) is 5.85. The number of anilines is 1. The molecule has 0 saturated heterocycles. The van der Waals surface area contributed by atoms with Gasteiger partial charge in [-0.25, -0.2) is 4.98 Å². The molecule has 3 rings (SSSR count). The number of carbonyl (C=O) groups excluding carboxylic acids is 2. The third-order valence-electron chi connectivity index (χ3n) is 4.09. The summed E-state index contributed by atoms with van der Waals surface area (Å²) in [5.74, 6) is 0.633. The summed E-state index contributed by atoms with van der Waals surface area (Å²) in [4.78, 5) is 29.5. The van der Waals surface area contributed by atoms with Crippen molar-refractivity contribution in [3.05, 3.63) is 39.4 Å². The van der Waals surface area contributed by atoms with Gasteiger partial charge < -0.3 is 4.74 Å². The van der Waals surface area contributed by atoms with Gasteiger partial charge in [0.05, 0.1) is 11.3 Å². The largest absolute Gasteiger partial charge is 0.486 e. The van der Waals surface area contributed by atoms with Gasteiger partial charge in [0.15, 0.2) is 10.9 Å². The van der Waals surface area contributed by atoms with Crippen molar-refractivity contribution < 1.29 is 14.3 Å². The van der Waals surface area contributed by atoms with Crippen molar-refractivity contribution in [3.8, 4) is 5.75 Å². The van der Waals surface area contributed by atoms with Gasteiger partial charge in [-0.3, -0.25) is 14.5 Å². The number of ketones is 1. The van der Waals surface area contributed by atoms with Gasteiger partial charge in [0.1, 0.15) is 12.4 Å². The molecule has 1 aromatic heterocycles. The molecule has 0 radical (unpaired) electrons. The number of amides is 1. The fourth-order valence-corrected chi connectivity index (χ4v) is 3.91. The number of benzene rings is 1. The minimum atomic E-state index is -0.0769. The van der Waals surface area contributed by atoms with Crippen molar-refractivity contribution in [3.63, 3.8) is 0 Å². The molecule has 5 nitrogen and oxygen atoms in total. The van der Waals surface area contributed by atoms with E-state index < -0.39 is 0 Å². The Morgan fingerprint density at radius 3 is 2.96 bits per heavy atom. The predicted octanol–water partition coefficient (Wildman–Crippen LogP) is 4.05. The number of Topliss-reactive ketones (excluding diaryl/α,β-unsaturated/α-hetero) is 1. The van der Waals surface area contributed by atoms with Crippen LogP contribution in [0.25, 0.3) is 0 Å². The lowest BCUT2D eigenvalue weighted by Gasteiger charge is -2.12. The van der Waals surface area contributed by atoms with Crippen molar-refractivity contribution in [1.29, 1.82) is 0 Å². The van der Waals surface area contributed by atoms with Crippen LogP contribution in [-0.4, -0.2) is 23.7 Å². The monoisotopic (exact) mass is 364 g/mol. The smallest absolute Gasteiger partial charge is 0.225 e. The zero-order valence-electron chi connectivity index (χ0n) is 13.6. The summed E-state index contributed by atoms with van der Waals surface area (Å²) in [5, 5.41) is 3.07. The van der Waals surface area contributed by atoms with E-state index in [0.717, 1.165) is 5.56 Å². The summed E-state index contributed by atoms with van der Waals surface area (Å²) < 4.78 is 5.82. The molecule has 2 aromatic rings. The van der Waals surface area contributed by atoms with E-state index in [1.54, 1.807) is 19.2 Å². The van der Waals surface area contributed by atoms with E-state index in [1.807, 2.05) is 12.3 Å². The maximum atomic E-state index is 12.2. The van der Waals surface area contributed by atoms with Crippen LogP contribution in [0.3, 0.4) is 0 Å². The van der Waals surface area contributed by atoms with Gasteiger partial charge >= 0.3 is 0 Å². The molecule has 0 saturated carbocycles. The molecule has 1 aliphatic rings. The molecule has 1 atom stereocenters. The van der Waals surface area contributed by atoms with Crippen molar-refractivity contribution in [2.75, 3.05) is 11.9 Å². The Morgan fingerprint density at radius 2 is 2.25 bits per heavy atom. The van der Waals surface area contributed by atoms with Gasteiger partial charge in [0, 0.05) is 30.8 Å². The van der Waals surface area contributed by atoms with E-state index >= 15 is 0 Å². The number of nitrogens with zero attached hydrogens (tertiary/aromatic N) is 2. The molecule has 1 aromatic carbocycles. The van der Waals surface area contributed by atoms with Gasteiger partial charge in [0.2, 0.25) is 5.91 Å². The Hall–Kier alpha value is -1.92. The molecule has 0 fully saturated rings. The SMILES string of the molecule is CC(=O)N(C)c1nc(COc2ccc(Cl)c3c2C(=O)CC3C)cs1. The minimum absolute atomic E-state index is 0.0604.